The van der Waals surface area contributed by atoms with Crippen LogP contribution in [-0.2, 0) is 10.0 Å². The maximum absolute atomic E-state index is 12.1. The van der Waals surface area contributed by atoms with E-state index in [1.807, 2.05) is 7.05 Å². The molecule has 19 heavy (non-hydrogen) atoms. The fraction of sp³-hybridized carbons (Fsp3) is 0.538. The van der Waals surface area contributed by atoms with Crippen molar-refractivity contribution in [3.05, 3.63) is 28.7 Å². The van der Waals surface area contributed by atoms with E-state index < -0.39 is 10.0 Å². The third kappa shape index (κ3) is 5.22. The second kappa shape index (κ2) is 7.38. The number of nitrogens with zero attached hydrogens (tertiary/aromatic N) is 1. The predicted molar refractivity (Wildman–Crippen MR) is 81.7 cm³/mol. The average molecular weight is 349 g/mol. The Labute approximate surface area is 124 Å². The van der Waals surface area contributed by atoms with Crippen LogP contribution >= 0.6 is 15.9 Å². The van der Waals surface area contributed by atoms with Gasteiger partial charge in [-0.05, 0) is 38.6 Å². The van der Waals surface area contributed by atoms with Gasteiger partial charge in [0, 0.05) is 23.6 Å². The van der Waals surface area contributed by atoms with Crippen LogP contribution in [0.1, 0.15) is 20.3 Å². The molecule has 1 aromatic carbocycles. The SMILES string of the molecule is CCC(C)N(C)CCNS(=O)(=O)c1cccc(Br)c1. The molecular formula is C13H21BrN2O2S. The number of hydrogen-bond acceptors (Lipinski definition) is 3. The molecule has 1 rings (SSSR count). The molecule has 0 aliphatic carbocycles. The quantitative estimate of drug-likeness (QED) is 0.823. The summed E-state index contributed by atoms with van der Waals surface area (Å²) in [6.07, 6.45) is 1.05. The minimum absolute atomic E-state index is 0.285. The first-order chi connectivity index (χ1) is 8.86. The Balaban J connectivity index is 2.57. The highest BCUT2D eigenvalue weighted by molar-refractivity contribution is 9.10. The lowest BCUT2D eigenvalue weighted by molar-refractivity contribution is 0.256. The van der Waals surface area contributed by atoms with Crippen LogP contribution < -0.4 is 4.72 Å². The van der Waals surface area contributed by atoms with E-state index in [-0.39, 0.29) is 4.90 Å². The van der Waals surface area contributed by atoms with Crippen LogP contribution in [0.3, 0.4) is 0 Å². The van der Waals surface area contributed by atoms with Crippen LogP contribution in [-0.4, -0.2) is 39.5 Å². The fourth-order valence-electron chi connectivity index (χ4n) is 1.61. The van der Waals surface area contributed by atoms with Crippen molar-refractivity contribution in [2.45, 2.75) is 31.2 Å². The first-order valence-corrected chi connectivity index (χ1v) is 8.60. The normalized spacial score (nSPS) is 13.7. The molecule has 0 aromatic heterocycles. The van der Waals surface area contributed by atoms with Crippen molar-refractivity contribution >= 4 is 26.0 Å². The Bertz CT molecular complexity index is 505. The third-order valence-electron chi connectivity index (χ3n) is 3.21. The highest BCUT2D eigenvalue weighted by Gasteiger charge is 2.14. The van der Waals surface area contributed by atoms with Gasteiger partial charge >= 0.3 is 0 Å². The summed E-state index contributed by atoms with van der Waals surface area (Å²) in [4.78, 5) is 2.43. The first-order valence-electron chi connectivity index (χ1n) is 6.32. The Morgan fingerprint density at radius 3 is 2.68 bits per heavy atom. The number of nitrogens with one attached hydrogen (secondary N) is 1. The lowest BCUT2D eigenvalue weighted by Crippen LogP contribution is -2.37. The highest BCUT2D eigenvalue weighted by Crippen LogP contribution is 2.15. The molecule has 108 valence electrons. The zero-order chi connectivity index (χ0) is 14.5. The highest BCUT2D eigenvalue weighted by atomic mass is 79.9. The number of benzene rings is 1. The average Bonchev–Trinajstić information content (AvgIpc) is 2.37. The number of likely N-dealkylation sites (N-methyl/N-ethyl adjacent to an activating group) is 1. The van der Waals surface area contributed by atoms with Crippen LogP contribution in [0.25, 0.3) is 0 Å². The molecule has 0 aliphatic rings. The first kappa shape index (κ1) is 16.6. The minimum Gasteiger partial charge on any atom is -0.302 e. The molecule has 0 amide bonds. The van der Waals surface area contributed by atoms with Crippen molar-refractivity contribution in [1.29, 1.82) is 0 Å². The maximum atomic E-state index is 12.1. The lowest BCUT2D eigenvalue weighted by Gasteiger charge is -2.23. The van der Waals surface area contributed by atoms with Gasteiger partial charge in [0.05, 0.1) is 4.90 Å². The molecular weight excluding hydrogens is 328 g/mol. The largest absolute Gasteiger partial charge is 0.302 e. The van der Waals surface area contributed by atoms with Gasteiger partial charge in [-0.15, -0.1) is 0 Å². The third-order valence-corrected chi connectivity index (χ3v) is 5.16. The summed E-state index contributed by atoms with van der Waals surface area (Å²) < 4.78 is 27.5. The van der Waals surface area contributed by atoms with Crippen molar-refractivity contribution in [3.63, 3.8) is 0 Å². The molecule has 0 fully saturated rings. The van der Waals surface area contributed by atoms with E-state index in [1.54, 1.807) is 24.3 Å². The van der Waals surface area contributed by atoms with Crippen LogP contribution in [0.2, 0.25) is 0 Å². The Kier molecular flexibility index (Phi) is 6.46. The van der Waals surface area contributed by atoms with Crippen LogP contribution in [0.4, 0.5) is 0 Å². The predicted octanol–water partition coefficient (Wildman–Crippen LogP) is 2.46. The summed E-state index contributed by atoms with van der Waals surface area (Å²) in [5.74, 6) is 0. The Hall–Kier alpha value is -0.430. The van der Waals surface area contributed by atoms with Crippen molar-refractivity contribution in [2.75, 3.05) is 20.1 Å². The molecule has 4 nitrogen and oxygen atoms in total. The number of sulfonamides is 1. The summed E-state index contributed by atoms with van der Waals surface area (Å²) in [7, 11) is -1.42. The monoisotopic (exact) mass is 348 g/mol. The van der Waals surface area contributed by atoms with E-state index in [1.165, 1.54) is 0 Å². The van der Waals surface area contributed by atoms with Gasteiger partial charge in [-0.3, -0.25) is 0 Å². The maximum Gasteiger partial charge on any atom is 0.240 e. The summed E-state index contributed by atoms with van der Waals surface area (Å²) in [6.45, 7) is 5.35. The van der Waals surface area contributed by atoms with Crippen molar-refractivity contribution in [2.24, 2.45) is 0 Å². The van der Waals surface area contributed by atoms with E-state index in [0.29, 0.717) is 19.1 Å². The molecule has 1 N–H and O–H groups in total. The molecule has 6 heteroatoms. The van der Waals surface area contributed by atoms with E-state index in [2.05, 4.69) is 39.4 Å². The van der Waals surface area contributed by atoms with Gasteiger partial charge < -0.3 is 4.90 Å². The van der Waals surface area contributed by atoms with Crippen LogP contribution in [0.5, 0.6) is 0 Å². The van der Waals surface area contributed by atoms with Gasteiger partial charge in [0.25, 0.3) is 0 Å². The van der Waals surface area contributed by atoms with Crippen LogP contribution in [0.15, 0.2) is 33.6 Å². The zero-order valence-corrected chi connectivity index (χ0v) is 14.0. The molecule has 0 saturated carbocycles. The number of rotatable bonds is 7. The summed E-state index contributed by atoms with van der Waals surface area (Å²) >= 11 is 3.27. The lowest BCUT2D eigenvalue weighted by atomic mass is 10.2. The molecule has 0 radical (unpaired) electrons. The smallest absolute Gasteiger partial charge is 0.240 e. The van der Waals surface area contributed by atoms with Crippen molar-refractivity contribution < 1.29 is 8.42 Å². The topological polar surface area (TPSA) is 49.4 Å². The van der Waals surface area contributed by atoms with Crippen molar-refractivity contribution in [3.8, 4) is 0 Å². The molecule has 1 unspecified atom stereocenters. The second-order valence-corrected chi connectivity index (χ2v) is 7.28. The zero-order valence-electron chi connectivity index (χ0n) is 11.6. The van der Waals surface area contributed by atoms with Gasteiger partial charge in [-0.1, -0.05) is 28.9 Å². The fourth-order valence-corrected chi connectivity index (χ4v) is 3.22. The molecule has 0 spiro atoms. The van der Waals surface area contributed by atoms with Gasteiger partial charge in [-0.25, -0.2) is 13.1 Å². The Morgan fingerprint density at radius 2 is 2.11 bits per heavy atom. The van der Waals surface area contributed by atoms with E-state index in [4.69, 9.17) is 0 Å². The van der Waals surface area contributed by atoms with Gasteiger partial charge in [0.15, 0.2) is 0 Å². The molecule has 0 saturated heterocycles. The van der Waals surface area contributed by atoms with Crippen molar-refractivity contribution in [1.82, 2.24) is 9.62 Å². The van der Waals surface area contributed by atoms with E-state index in [0.717, 1.165) is 10.9 Å². The number of halogens is 1. The summed E-state index contributed by atoms with van der Waals surface area (Å²) in [5, 5.41) is 0. The summed E-state index contributed by atoms with van der Waals surface area (Å²) in [5.41, 5.74) is 0. The minimum atomic E-state index is -3.42. The molecule has 1 aromatic rings. The van der Waals surface area contributed by atoms with Gasteiger partial charge in [0.2, 0.25) is 10.0 Å². The molecule has 0 aliphatic heterocycles. The van der Waals surface area contributed by atoms with Crippen LogP contribution in [0, 0.1) is 0 Å². The molecule has 1 atom stereocenters. The Morgan fingerprint density at radius 1 is 1.42 bits per heavy atom. The molecule has 0 heterocycles. The van der Waals surface area contributed by atoms with Gasteiger partial charge in [0.1, 0.15) is 0 Å². The second-order valence-electron chi connectivity index (χ2n) is 4.59. The standard InChI is InChI=1S/C13H21BrN2O2S/c1-4-11(2)16(3)9-8-15-19(17,18)13-7-5-6-12(14)10-13/h5-7,10-11,15H,4,8-9H2,1-3H3. The summed E-state index contributed by atoms with van der Waals surface area (Å²) in [6, 6.07) is 7.15. The van der Waals surface area contributed by atoms with E-state index >= 15 is 0 Å². The van der Waals surface area contributed by atoms with Gasteiger partial charge in [-0.2, -0.15) is 0 Å². The van der Waals surface area contributed by atoms with E-state index in [9.17, 15) is 8.42 Å². The molecule has 0 bridgehead atoms. The number of hydrogen-bond donors (Lipinski definition) is 1.